The van der Waals surface area contributed by atoms with Crippen molar-refractivity contribution in [2.75, 3.05) is 13.1 Å². The van der Waals surface area contributed by atoms with Crippen LogP contribution in [-0.2, 0) is 7.05 Å². The van der Waals surface area contributed by atoms with Gasteiger partial charge in [0, 0.05) is 12.7 Å². The van der Waals surface area contributed by atoms with Crippen LogP contribution in [0.1, 0.15) is 43.9 Å². The fourth-order valence-corrected chi connectivity index (χ4v) is 3.07. The third-order valence-corrected chi connectivity index (χ3v) is 4.05. The van der Waals surface area contributed by atoms with Gasteiger partial charge in [0.2, 0.25) is 0 Å². The average molecular weight is 235 g/mol. The van der Waals surface area contributed by atoms with E-state index in [0.717, 1.165) is 24.9 Å². The van der Waals surface area contributed by atoms with Crippen molar-refractivity contribution < 1.29 is 0 Å². The minimum absolute atomic E-state index is 0.701. The van der Waals surface area contributed by atoms with Crippen molar-refractivity contribution in [3.05, 3.63) is 17.5 Å². The van der Waals surface area contributed by atoms with Gasteiger partial charge < -0.3 is 5.32 Å². The van der Waals surface area contributed by atoms with Crippen LogP contribution in [0.2, 0.25) is 0 Å². The summed E-state index contributed by atoms with van der Waals surface area (Å²) < 4.78 is 2.00. The molecule has 2 unspecified atom stereocenters. The Hall–Kier alpha value is -0.830. The Bertz CT molecular complexity index is 368. The SMILES string of the molecule is Cc1c(C2CCNCC2CC(C)C)cnn1C. The Morgan fingerprint density at radius 2 is 2.29 bits per heavy atom. The molecule has 17 heavy (non-hydrogen) atoms. The summed E-state index contributed by atoms with van der Waals surface area (Å²) in [6.45, 7) is 9.14. The number of piperidine rings is 1. The van der Waals surface area contributed by atoms with E-state index in [1.165, 1.54) is 24.1 Å². The second-order valence-corrected chi connectivity index (χ2v) is 5.80. The maximum absolute atomic E-state index is 4.40. The average Bonchev–Trinajstić information content (AvgIpc) is 2.60. The van der Waals surface area contributed by atoms with Crippen molar-refractivity contribution in [3.63, 3.8) is 0 Å². The number of hydrogen-bond donors (Lipinski definition) is 1. The molecule has 0 aromatic carbocycles. The summed E-state index contributed by atoms with van der Waals surface area (Å²) >= 11 is 0. The van der Waals surface area contributed by atoms with Gasteiger partial charge in [0.25, 0.3) is 0 Å². The molecule has 1 fully saturated rings. The van der Waals surface area contributed by atoms with Gasteiger partial charge in [-0.3, -0.25) is 4.68 Å². The standard InChI is InChI=1S/C14H25N3/c1-10(2)7-12-8-15-6-5-13(12)14-9-16-17(4)11(14)3/h9-10,12-13,15H,5-8H2,1-4H3. The van der Waals surface area contributed by atoms with Crippen LogP contribution in [-0.4, -0.2) is 22.9 Å². The molecule has 0 bridgehead atoms. The summed E-state index contributed by atoms with van der Waals surface area (Å²) in [6.07, 6.45) is 4.65. The lowest BCUT2D eigenvalue weighted by atomic mass is 9.77. The van der Waals surface area contributed by atoms with E-state index in [1.807, 2.05) is 11.7 Å². The molecule has 1 N–H and O–H groups in total. The Morgan fingerprint density at radius 3 is 2.88 bits per heavy atom. The number of nitrogens with one attached hydrogen (secondary N) is 1. The predicted molar refractivity (Wildman–Crippen MR) is 71.1 cm³/mol. The maximum atomic E-state index is 4.40. The molecule has 0 saturated carbocycles. The van der Waals surface area contributed by atoms with E-state index < -0.39 is 0 Å². The van der Waals surface area contributed by atoms with Crippen molar-refractivity contribution >= 4 is 0 Å². The molecular weight excluding hydrogens is 210 g/mol. The fourth-order valence-electron chi connectivity index (χ4n) is 3.07. The zero-order valence-electron chi connectivity index (χ0n) is 11.5. The van der Waals surface area contributed by atoms with Crippen LogP contribution < -0.4 is 5.32 Å². The summed E-state index contributed by atoms with van der Waals surface area (Å²) in [5, 5.41) is 7.94. The van der Waals surface area contributed by atoms with Gasteiger partial charge in [0.1, 0.15) is 0 Å². The van der Waals surface area contributed by atoms with Crippen LogP contribution in [0.5, 0.6) is 0 Å². The summed E-state index contributed by atoms with van der Waals surface area (Å²) in [5.41, 5.74) is 2.81. The van der Waals surface area contributed by atoms with E-state index in [4.69, 9.17) is 0 Å². The lowest BCUT2D eigenvalue weighted by Gasteiger charge is -2.33. The first-order valence-corrected chi connectivity index (χ1v) is 6.78. The molecule has 2 rings (SSSR count). The predicted octanol–water partition coefficient (Wildman–Crippen LogP) is 2.47. The number of aryl methyl sites for hydroxylation is 1. The molecule has 1 aromatic heterocycles. The minimum atomic E-state index is 0.701. The zero-order valence-corrected chi connectivity index (χ0v) is 11.5. The van der Waals surface area contributed by atoms with Gasteiger partial charge in [-0.1, -0.05) is 13.8 Å². The summed E-state index contributed by atoms with van der Waals surface area (Å²) in [6, 6.07) is 0. The molecule has 1 aliphatic heterocycles. The van der Waals surface area contributed by atoms with Gasteiger partial charge in [0.05, 0.1) is 6.20 Å². The quantitative estimate of drug-likeness (QED) is 0.872. The van der Waals surface area contributed by atoms with Crippen molar-refractivity contribution in [2.45, 2.75) is 39.5 Å². The smallest absolute Gasteiger partial charge is 0.0527 e. The topological polar surface area (TPSA) is 29.9 Å². The molecule has 2 heterocycles. The highest BCUT2D eigenvalue weighted by Gasteiger charge is 2.29. The van der Waals surface area contributed by atoms with E-state index in [2.05, 4.69) is 37.4 Å². The molecule has 2 atom stereocenters. The first-order chi connectivity index (χ1) is 8.09. The number of nitrogens with zero attached hydrogens (tertiary/aromatic N) is 2. The second kappa shape index (κ2) is 5.21. The van der Waals surface area contributed by atoms with E-state index in [0.29, 0.717) is 5.92 Å². The van der Waals surface area contributed by atoms with Crippen molar-refractivity contribution in [1.29, 1.82) is 0 Å². The molecule has 96 valence electrons. The Morgan fingerprint density at radius 1 is 1.53 bits per heavy atom. The molecule has 0 aliphatic carbocycles. The Kier molecular flexibility index (Phi) is 3.87. The highest BCUT2D eigenvalue weighted by Crippen LogP contribution is 2.35. The second-order valence-electron chi connectivity index (χ2n) is 5.80. The molecule has 0 spiro atoms. The molecule has 0 amide bonds. The van der Waals surface area contributed by atoms with Gasteiger partial charge in [-0.05, 0) is 56.2 Å². The largest absolute Gasteiger partial charge is 0.316 e. The molecule has 1 aromatic rings. The van der Waals surface area contributed by atoms with E-state index >= 15 is 0 Å². The fraction of sp³-hybridized carbons (Fsp3) is 0.786. The Labute approximate surface area is 105 Å². The molecule has 1 saturated heterocycles. The number of aromatic nitrogens is 2. The molecule has 3 heteroatoms. The van der Waals surface area contributed by atoms with Crippen LogP contribution in [0.25, 0.3) is 0 Å². The van der Waals surface area contributed by atoms with Crippen LogP contribution >= 0.6 is 0 Å². The lowest BCUT2D eigenvalue weighted by molar-refractivity contribution is 0.279. The van der Waals surface area contributed by atoms with Crippen LogP contribution in [0, 0.1) is 18.8 Å². The Balaban J connectivity index is 2.18. The highest BCUT2D eigenvalue weighted by atomic mass is 15.3. The number of hydrogen-bond acceptors (Lipinski definition) is 2. The summed E-state index contributed by atoms with van der Waals surface area (Å²) in [5.74, 6) is 2.25. The highest BCUT2D eigenvalue weighted by molar-refractivity contribution is 5.23. The minimum Gasteiger partial charge on any atom is -0.316 e. The van der Waals surface area contributed by atoms with Crippen molar-refractivity contribution in [2.24, 2.45) is 18.9 Å². The first kappa shape index (κ1) is 12.6. The van der Waals surface area contributed by atoms with Crippen LogP contribution in [0.15, 0.2) is 6.20 Å². The zero-order chi connectivity index (χ0) is 12.4. The summed E-state index contributed by atoms with van der Waals surface area (Å²) in [4.78, 5) is 0. The van der Waals surface area contributed by atoms with Gasteiger partial charge in [-0.15, -0.1) is 0 Å². The lowest BCUT2D eigenvalue weighted by Crippen LogP contribution is -2.36. The molecule has 1 aliphatic rings. The maximum Gasteiger partial charge on any atom is 0.0527 e. The van der Waals surface area contributed by atoms with Gasteiger partial charge in [-0.2, -0.15) is 5.10 Å². The van der Waals surface area contributed by atoms with E-state index in [9.17, 15) is 0 Å². The monoisotopic (exact) mass is 235 g/mol. The van der Waals surface area contributed by atoms with E-state index in [-0.39, 0.29) is 0 Å². The van der Waals surface area contributed by atoms with Gasteiger partial charge in [0.15, 0.2) is 0 Å². The normalized spacial score (nSPS) is 25.5. The molecule has 3 nitrogen and oxygen atoms in total. The number of rotatable bonds is 3. The van der Waals surface area contributed by atoms with Gasteiger partial charge in [-0.25, -0.2) is 0 Å². The van der Waals surface area contributed by atoms with Gasteiger partial charge >= 0.3 is 0 Å². The third kappa shape index (κ3) is 2.71. The van der Waals surface area contributed by atoms with Crippen LogP contribution in [0.4, 0.5) is 0 Å². The summed E-state index contributed by atoms with van der Waals surface area (Å²) in [7, 11) is 2.04. The molecular formula is C14H25N3. The third-order valence-electron chi connectivity index (χ3n) is 4.05. The first-order valence-electron chi connectivity index (χ1n) is 6.78. The van der Waals surface area contributed by atoms with E-state index in [1.54, 1.807) is 0 Å². The van der Waals surface area contributed by atoms with Crippen LogP contribution in [0.3, 0.4) is 0 Å². The van der Waals surface area contributed by atoms with Crippen molar-refractivity contribution in [3.8, 4) is 0 Å². The molecule has 0 radical (unpaired) electrons. The van der Waals surface area contributed by atoms with Crippen molar-refractivity contribution in [1.82, 2.24) is 15.1 Å².